The topological polar surface area (TPSA) is 44.4 Å². The Morgan fingerprint density at radius 1 is 1.40 bits per heavy atom. The largest absolute Gasteiger partial charge is 0.355 e. The molecule has 1 heterocycles. The summed E-state index contributed by atoms with van der Waals surface area (Å²) in [5, 5.41) is 6.31. The Balaban J connectivity index is 2.02. The summed E-state index contributed by atoms with van der Waals surface area (Å²) in [6, 6.07) is 0. The van der Waals surface area contributed by atoms with Gasteiger partial charge in [-0.15, -0.1) is 0 Å². The first-order chi connectivity index (χ1) is 7.18. The number of likely N-dealkylation sites (N-methyl/N-ethyl adjacent to an activating group) is 1. The molecule has 1 aliphatic rings. The van der Waals surface area contributed by atoms with Crippen molar-refractivity contribution in [1.82, 2.24) is 15.5 Å². The lowest BCUT2D eigenvalue weighted by Gasteiger charge is -2.22. The Kier molecular flexibility index (Phi) is 5.65. The van der Waals surface area contributed by atoms with Gasteiger partial charge in [0.1, 0.15) is 0 Å². The molecule has 0 spiro atoms. The minimum Gasteiger partial charge on any atom is -0.355 e. The minimum atomic E-state index is 0.133. The van der Waals surface area contributed by atoms with E-state index in [4.69, 9.17) is 0 Å². The third-order valence-corrected chi connectivity index (χ3v) is 2.79. The first kappa shape index (κ1) is 12.5. The van der Waals surface area contributed by atoms with Crippen LogP contribution < -0.4 is 10.6 Å². The zero-order chi connectivity index (χ0) is 11.1. The molecule has 0 aromatic heterocycles. The van der Waals surface area contributed by atoms with E-state index in [-0.39, 0.29) is 5.91 Å². The highest BCUT2D eigenvalue weighted by molar-refractivity contribution is 5.77. The predicted molar refractivity (Wildman–Crippen MR) is 61.8 cm³/mol. The highest BCUT2D eigenvalue weighted by Gasteiger charge is 2.12. The van der Waals surface area contributed by atoms with Crippen LogP contribution in [0.1, 0.15) is 19.3 Å². The Morgan fingerprint density at radius 3 is 2.67 bits per heavy atom. The lowest BCUT2D eigenvalue weighted by molar-refractivity contribution is -0.121. The third kappa shape index (κ3) is 5.74. The van der Waals surface area contributed by atoms with Gasteiger partial charge in [-0.1, -0.05) is 0 Å². The number of hydrogen-bond donors (Lipinski definition) is 2. The lowest BCUT2D eigenvalue weighted by Crippen LogP contribution is -2.35. The van der Waals surface area contributed by atoms with E-state index in [9.17, 15) is 4.79 Å². The van der Waals surface area contributed by atoms with Gasteiger partial charge in [-0.25, -0.2) is 0 Å². The van der Waals surface area contributed by atoms with Crippen LogP contribution in [0, 0.1) is 5.92 Å². The number of rotatable bonds is 5. The molecule has 0 aromatic carbocycles. The summed E-state index contributed by atoms with van der Waals surface area (Å²) >= 11 is 0. The molecule has 15 heavy (non-hydrogen) atoms. The monoisotopic (exact) mass is 213 g/mol. The van der Waals surface area contributed by atoms with Crippen LogP contribution >= 0.6 is 0 Å². The van der Waals surface area contributed by atoms with Crippen molar-refractivity contribution in [3.8, 4) is 0 Å². The fourth-order valence-corrected chi connectivity index (χ4v) is 1.93. The second-order valence-electron chi connectivity index (χ2n) is 4.57. The quantitative estimate of drug-likeness (QED) is 0.678. The smallest absolute Gasteiger partial charge is 0.234 e. The fraction of sp³-hybridized carbons (Fsp3) is 0.909. The Labute approximate surface area is 92.4 Å². The highest BCUT2D eigenvalue weighted by atomic mass is 16.1. The van der Waals surface area contributed by atoms with E-state index in [1.807, 2.05) is 19.0 Å². The average Bonchev–Trinajstić information content (AvgIpc) is 2.18. The van der Waals surface area contributed by atoms with Crippen LogP contribution in [0.2, 0.25) is 0 Å². The molecule has 0 bridgehead atoms. The molecule has 2 N–H and O–H groups in total. The predicted octanol–water partition coefficient (Wildman–Crippen LogP) is 0.0539. The molecule has 1 aliphatic heterocycles. The van der Waals surface area contributed by atoms with Crippen molar-refractivity contribution in [1.29, 1.82) is 0 Å². The maximum atomic E-state index is 11.3. The summed E-state index contributed by atoms with van der Waals surface area (Å²) in [5.41, 5.74) is 0. The summed E-state index contributed by atoms with van der Waals surface area (Å²) in [5.74, 6) is 0.930. The number of hydrogen-bond acceptors (Lipinski definition) is 3. The second kappa shape index (κ2) is 6.80. The summed E-state index contributed by atoms with van der Waals surface area (Å²) in [4.78, 5) is 13.2. The number of carbonyl (C=O) groups is 1. The van der Waals surface area contributed by atoms with Crippen LogP contribution in [0.3, 0.4) is 0 Å². The van der Waals surface area contributed by atoms with Crippen molar-refractivity contribution in [2.24, 2.45) is 5.92 Å². The van der Waals surface area contributed by atoms with Crippen molar-refractivity contribution in [2.45, 2.75) is 19.3 Å². The van der Waals surface area contributed by atoms with Gasteiger partial charge in [0.2, 0.25) is 5.91 Å². The van der Waals surface area contributed by atoms with Crippen LogP contribution in [-0.4, -0.2) is 51.1 Å². The zero-order valence-corrected chi connectivity index (χ0v) is 9.88. The summed E-state index contributed by atoms with van der Waals surface area (Å²) in [6.07, 6.45) is 3.63. The van der Waals surface area contributed by atoms with Gasteiger partial charge in [0.05, 0.1) is 6.54 Å². The fourth-order valence-electron chi connectivity index (χ4n) is 1.93. The Hall–Kier alpha value is -0.610. The third-order valence-electron chi connectivity index (χ3n) is 2.79. The molecule has 88 valence electrons. The maximum absolute atomic E-state index is 11.3. The van der Waals surface area contributed by atoms with Gasteiger partial charge < -0.3 is 15.5 Å². The highest BCUT2D eigenvalue weighted by Crippen LogP contribution is 2.14. The minimum absolute atomic E-state index is 0.133. The molecular weight excluding hydrogens is 190 g/mol. The number of amides is 1. The maximum Gasteiger partial charge on any atom is 0.234 e. The van der Waals surface area contributed by atoms with Gasteiger partial charge in [-0.2, -0.15) is 0 Å². The molecule has 1 rings (SSSR count). The SMILES string of the molecule is CN(C)CC(=O)NCCC1CCNCC1. The van der Waals surface area contributed by atoms with Crippen LogP contribution in [-0.2, 0) is 4.79 Å². The number of nitrogens with zero attached hydrogens (tertiary/aromatic N) is 1. The summed E-state index contributed by atoms with van der Waals surface area (Å²) in [6.45, 7) is 3.59. The molecule has 1 amide bonds. The molecule has 0 aliphatic carbocycles. The van der Waals surface area contributed by atoms with Crippen LogP contribution in [0.15, 0.2) is 0 Å². The molecule has 4 heteroatoms. The van der Waals surface area contributed by atoms with Crippen LogP contribution in [0.4, 0.5) is 0 Å². The Bertz CT molecular complexity index is 188. The number of nitrogens with one attached hydrogen (secondary N) is 2. The first-order valence-electron chi connectivity index (χ1n) is 5.80. The van der Waals surface area contributed by atoms with E-state index in [2.05, 4.69) is 10.6 Å². The van der Waals surface area contributed by atoms with Crippen molar-refractivity contribution in [3.63, 3.8) is 0 Å². The zero-order valence-electron chi connectivity index (χ0n) is 9.88. The number of carbonyl (C=O) groups excluding carboxylic acids is 1. The molecule has 0 atom stereocenters. The average molecular weight is 213 g/mol. The van der Waals surface area contributed by atoms with Crippen molar-refractivity contribution < 1.29 is 4.79 Å². The molecule has 1 fully saturated rings. The molecule has 0 radical (unpaired) electrons. The van der Waals surface area contributed by atoms with E-state index in [1.54, 1.807) is 0 Å². The van der Waals surface area contributed by atoms with Gasteiger partial charge in [0.25, 0.3) is 0 Å². The molecule has 0 saturated carbocycles. The Morgan fingerprint density at radius 2 is 2.07 bits per heavy atom. The van der Waals surface area contributed by atoms with Crippen molar-refractivity contribution in [3.05, 3.63) is 0 Å². The summed E-state index contributed by atoms with van der Waals surface area (Å²) in [7, 11) is 3.82. The van der Waals surface area contributed by atoms with Crippen molar-refractivity contribution >= 4 is 5.91 Å². The second-order valence-corrected chi connectivity index (χ2v) is 4.57. The van der Waals surface area contributed by atoms with Gasteiger partial charge >= 0.3 is 0 Å². The first-order valence-corrected chi connectivity index (χ1v) is 5.80. The molecule has 0 aromatic rings. The van der Waals surface area contributed by atoms with Gasteiger partial charge in [0, 0.05) is 6.54 Å². The lowest BCUT2D eigenvalue weighted by atomic mass is 9.95. The molecule has 0 unspecified atom stereocenters. The van der Waals surface area contributed by atoms with Gasteiger partial charge in [0.15, 0.2) is 0 Å². The molecule has 4 nitrogen and oxygen atoms in total. The van der Waals surface area contributed by atoms with Gasteiger partial charge in [-0.05, 0) is 52.4 Å². The van der Waals surface area contributed by atoms with E-state index < -0.39 is 0 Å². The van der Waals surface area contributed by atoms with E-state index in [1.165, 1.54) is 12.8 Å². The van der Waals surface area contributed by atoms with Crippen LogP contribution in [0.25, 0.3) is 0 Å². The van der Waals surface area contributed by atoms with Gasteiger partial charge in [-0.3, -0.25) is 4.79 Å². The van der Waals surface area contributed by atoms with E-state index >= 15 is 0 Å². The molecular formula is C11H23N3O. The number of piperidine rings is 1. The van der Waals surface area contributed by atoms with E-state index in [0.29, 0.717) is 6.54 Å². The van der Waals surface area contributed by atoms with Crippen molar-refractivity contribution in [2.75, 3.05) is 40.3 Å². The van der Waals surface area contributed by atoms with E-state index in [0.717, 1.165) is 32.0 Å². The molecule has 1 saturated heterocycles. The summed E-state index contributed by atoms with van der Waals surface area (Å²) < 4.78 is 0. The van der Waals surface area contributed by atoms with Crippen LogP contribution in [0.5, 0.6) is 0 Å². The normalized spacial score (nSPS) is 18.1. The standard InChI is InChI=1S/C11H23N3O/c1-14(2)9-11(15)13-8-5-10-3-6-12-7-4-10/h10,12H,3-9H2,1-2H3,(H,13,15).